The first-order chi connectivity index (χ1) is 11.2. The molecular formula is C16H20ClN5O. The van der Waals surface area contributed by atoms with E-state index in [1.54, 1.807) is 19.6 Å². The van der Waals surface area contributed by atoms with Crippen LogP contribution in [0.2, 0.25) is 5.02 Å². The van der Waals surface area contributed by atoms with E-state index in [0.29, 0.717) is 10.8 Å². The Morgan fingerprint density at radius 1 is 1.39 bits per heavy atom. The molecule has 1 fully saturated rings. The number of hydrogen-bond acceptors (Lipinski definition) is 6. The van der Waals surface area contributed by atoms with Crippen LogP contribution in [-0.2, 0) is 4.74 Å². The Balaban J connectivity index is 1.74. The Morgan fingerprint density at radius 3 is 3.00 bits per heavy atom. The van der Waals surface area contributed by atoms with Crippen LogP contribution in [0.4, 0.5) is 11.6 Å². The molecule has 3 heterocycles. The zero-order valence-electron chi connectivity index (χ0n) is 13.2. The number of halogens is 1. The number of nitrogens with zero attached hydrogens (tertiary/aromatic N) is 4. The van der Waals surface area contributed by atoms with Crippen molar-refractivity contribution in [2.24, 2.45) is 0 Å². The summed E-state index contributed by atoms with van der Waals surface area (Å²) >= 11 is 6.16. The molecule has 1 N–H and O–H groups in total. The molecule has 0 aliphatic carbocycles. The van der Waals surface area contributed by atoms with Crippen LogP contribution in [0, 0.1) is 6.92 Å². The number of hydrogen-bond donors (Lipinski definition) is 1. The number of aryl methyl sites for hydroxylation is 1. The lowest BCUT2D eigenvalue weighted by Crippen LogP contribution is -2.36. The summed E-state index contributed by atoms with van der Waals surface area (Å²) in [5.41, 5.74) is 0.954. The zero-order chi connectivity index (χ0) is 16.2. The zero-order valence-corrected chi connectivity index (χ0v) is 14.0. The van der Waals surface area contributed by atoms with Crippen LogP contribution in [0.25, 0.3) is 0 Å². The molecule has 0 radical (unpaired) electrons. The molecule has 0 aromatic carbocycles. The highest BCUT2D eigenvalue weighted by Gasteiger charge is 2.33. The van der Waals surface area contributed by atoms with E-state index in [-0.39, 0.29) is 12.1 Å². The van der Waals surface area contributed by atoms with E-state index in [1.807, 2.05) is 25.1 Å². The van der Waals surface area contributed by atoms with Crippen molar-refractivity contribution < 1.29 is 4.74 Å². The van der Waals surface area contributed by atoms with Gasteiger partial charge in [0, 0.05) is 38.2 Å². The van der Waals surface area contributed by atoms with Gasteiger partial charge >= 0.3 is 0 Å². The molecule has 6 nitrogen and oxygen atoms in total. The van der Waals surface area contributed by atoms with E-state index in [1.165, 1.54) is 0 Å². The summed E-state index contributed by atoms with van der Waals surface area (Å²) in [6.45, 7) is 3.50. The van der Waals surface area contributed by atoms with Crippen LogP contribution < -0.4 is 10.2 Å². The topological polar surface area (TPSA) is 63.2 Å². The van der Waals surface area contributed by atoms with Gasteiger partial charge < -0.3 is 15.0 Å². The summed E-state index contributed by atoms with van der Waals surface area (Å²) in [7, 11) is 1.75. The largest absolute Gasteiger partial charge is 0.380 e. The minimum Gasteiger partial charge on any atom is -0.380 e. The highest BCUT2D eigenvalue weighted by molar-refractivity contribution is 6.32. The normalized spacial score (nSPS) is 20.7. The Morgan fingerprint density at radius 2 is 2.26 bits per heavy atom. The third-order valence-corrected chi connectivity index (χ3v) is 4.36. The van der Waals surface area contributed by atoms with Gasteiger partial charge in [-0.15, -0.1) is 0 Å². The number of pyridine rings is 1. The molecule has 1 saturated heterocycles. The lowest BCUT2D eigenvalue weighted by atomic mass is 10.2. The van der Waals surface area contributed by atoms with Crippen LogP contribution in [0.15, 0.2) is 30.7 Å². The van der Waals surface area contributed by atoms with Gasteiger partial charge in [0.05, 0.1) is 17.2 Å². The van der Waals surface area contributed by atoms with Crippen LogP contribution >= 0.6 is 11.6 Å². The third-order valence-electron chi connectivity index (χ3n) is 4.06. The standard InChI is InChI=1S/C16H20ClN5O/c1-11-6-15(21-10-20-11)22-9-13(23-2)7-12(22)8-19-16-14(17)4-3-5-18-16/h3-6,10,12-13H,7-9H2,1-2H3,(H,18,19)/t12-,13-/m0/s1. The number of ether oxygens (including phenoxy) is 1. The quantitative estimate of drug-likeness (QED) is 0.907. The molecule has 3 rings (SSSR count). The van der Waals surface area contributed by atoms with Gasteiger partial charge in [0.15, 0.2) is 0 Å². The first kappa shape index (κ1) is 16.0. The molecule has 1 aliphatic rings. The number of nitrogens with one attached hydrogen (secondary N) is 1. The fourth-order valence-electron chi connectivity index (χ4n) is 2.85. The lowest BCUT2D eigenvalue weighted by Gasteiger charge is -2.26. The van der Waals surface area contributed by atoms with Crippen molar-refractivity contribution in [3.05, 3.63) is 41.4 Å². The predicted molar refractivity (Wildman–Crippen MR) is 91.1 cm³/mol. The number of methoxy groups -OCH3 is 1. The smallest absolute Gasteiger partial charge is 0.144 e. The van der Waals surface area contributed by atoms with Gasteiger partial charge in [-0.25, -0.2) is 15.0 Å². The summed E-state index contributed by atoms with van der Waals surface area (Å²) in [4.78, 5) is 15.1. The van der Waals surface area contributed by atoms with Crippen LogP contribution in [-0.4, -0.2) is 47.3 Å². The van der Waals surface area contributed by atoms with Gasteiger partial charge in [0.2, 0.25) is 0 Å². The summed E-state index contributed by atoms with van der Waals surface area (Å²) in [5.74, 6) is 1.63. The van der Waals surface area contributed by atoms with Crippen molar-refractivity contribution >= 4 is 23.2 Å². The van der Waals surface area contributed by atoms with E-state index < -0.39 is 0 Å². The molecule has 0 amide bonds. The Hall–Kier alpha value is -1.92. The highest BCUT2D eigenvalue weighted by Crippen LogP contribution is 2.26. The molecule has 122 valence electrons. The minimum atomic E-state index is 0.191. The number of anilines is 2. The van der Waals surface area contributed by atoms with Gasteiger partial charge in [-0.1, -0.05) is 11.6 Å². The van der Waals surface area contributed by atoms with E-state index >= 15 is 0 Å². The average Bonchev–Trinajstić information content (AvgIpc) is 2.97. The SMILES string of the molecule is CO[C@H]1C[C@@H](CNc2ncccc2Cl)N(c2cc(C)ncn2)C1. The molecule has 2 aromatic heterocycles. The molecular weight excluding hydrogens is 314 g/mol. The molecule has 7 heteroatoms. The summed E-state index contributed by atoms with van der Waals surface area (Å²) < 4.78 is 5.54. The fourth-order valence-corrected chi connectivity index (χ4v) is 3.03. The average molecular weight is 334 g/mol. The van der Waals surface area contributed by atoms with Crippen molar-refractivity contribution in [2.45, 2.75) is 25.5 Å². The van der Waals surface area contributed by atoms with Crippen LogP contribution in [0.5, 0.6) is 0 Å². The second-order valence-electron chi connectivity index (χ2n) is 5.63. The molecule has 0 saturated carbocycles. The second-order valence-corrected chi connectivity index (χ2v) is 6.04. The Bertz CT molecular complexity index is 668. The molecule has 0 unspecified atom stereocenters. The third kappa shape index (κ3) is 3.71. The minimum absolute atomic E-state index is 0.191. The van der Waals surface area contributed by atoms with Crippen LogP contribution in [0.3, 0.4) is 0 Å². The molecule has 2 aromatic rings. The van der Waals surface area contributed by atoms with Gasteiger partial charge in [0.1, 0.15) is 18.0 Å². The van der Waals surface area contributed by atoms with Crippen molar-refractivity contribution in [2.75, 3.05) is 30.4 Å². The molecule has 0 bridgehead atoms. The van der Waals surface area contributed by atoms with Gasteiger partial charge in [-0.3, -0.25) is 0 Å². The maximum absolute atomic E-state index is 6.16. The van der Waals surface area contributed by atoms with E-state index in [0.717, 1.165) is 31.0 Å². The van der Waals surface area contributed by atoms with E-state index in [4.69, 9.17) is 16.3 Å². The maximum atomic E-state index is 6.16. The molecule has 2 atom stereocenters. The monoisotopic (exact) mass is 333 g/mol. The van der Waals surface area contributed by atoms with E-state index in [2.05, 4.69) is 25.2 Å². The molecule has 1 aliphatic heterocycles. The first-order valence-electron chi connectivity index (χ1n) is 7.60. The van der Waals surface area contributed by atoms with Gasteiger partial charge in [0.25, 0.3) is 0 Å². The van der Waals surface area contributed by atoms with Crippen LogP contribution in [0.1, 0.15) is 12.1 Å². The van der Waals surface area contributed by atoms with Crippen molar-refractivity contribution in [1.29, 1.82) is 0 Å². The van der Waals surface area contributed by atoms with E-state index in [9.17, 15) is 0 Å². The fraction of sp³-hybridized carbons (Fsp3) is 0.438. The Labute approximate surface area is 140 Å². The van der Waals surface area contributed by atoms with Crippen molar-refractivity contribution in [3.8, 4) is 0 Å². The van der Waals surface area contributed by atoms with Crippen molar-refractivity contribution in [3.63, 3.8) is 0 Å². The van der Waals surface area contributed by atoms with Gasteiger partial charge in [-0.05, 0) is 25.5 Å². The second kappa shape index (κ2) is 7.10. The first-order valence-corrected chi connectivity index (χ1v) is 7.97. The molecule has 23 heavy (non-hydrogen) atoms. The summed E-state index contributed by atoms with van der Waals surface area (Å²) in [6, 6.07) is 5.90. The van der Waals surface area contributed by atoms with Gasteiger partial charge in [-0.2, -0.15) is 0 Å². The summed E-state index contributed by atoms with van der Waals surface area (Å²) in [5, 5.41) is 3.95. The molecule has 0 spiro atoms. The number of rotatable bonds is 5. The van der Waals surface area contributed by atoms with Crippen molar-refractivity contribution in [1.82, 2.24) is 15.0 Å². The summed E-state index contributed by atoms with van der Waals surface area (Å²) in [6.07, 6.45) is 4.45. The predicted octanol–water partition coefficient (Wildman–Crippen LogP) is 2.54. The Kier molecular flexibility index (Phi) is 4.93. The lowest BCUT2D eigenvalue weighted by molar-refractivity contribution is 0.118. The maximum Gasteiger partial charge on any atom is 0.144 e. The highest BCUT2D eigenvalue weighted by atomic mass is 35.5. The number of aromatic nitrogens is 3.